The van der Waals surface area contributed by atoms with Crippen molar-refractivity contribution in [2.75, 3.05) is 0 Å². The van der Waals surface area contributed by atoms with Crippen molar-refractivity contribution in [2.24, 2.45) is 5.73 Å². The standard InChI is InChI=1S/C11H15FN2/c1-10(2,13)11(4-5-11)9-7-8(12)3-6-14-9/h3,6-7H,4-5,13H2,1-2H3. The maximum absolute atomic E-state index is 13.0. The maximum atomic E-state index is 13.0. The van der Waals surface area contributed by atoms with Gasteiger partial charge in [0, 0.05) is 17.2 Å². The number of aromatic nitrogens is 1. The Kier molecular flexibility index (Phi) is 1.89. The van der Waals surface area contributed by atoms with E-state index in [1.807, 2.05) is 13.8 Å². The Bertz CT molecular complexity index is 351. The molecule has 0 radical (unpaired) electrons. The van der Waals surface area contributed by atoms with Gasteiger partial charge in [0.05, 0.1) is 5.69 Å². The van der Waals surface area contributed by atoms with Gasteiger partial charge >= 0.3 is 0 Å². The van der Waals surface area contributed by atoms with Gasteiger partial charge in [0.25, 0.3) is 0 Å². The summed E-state index contributed by atoms with van der Waals surface area (Å²) in [6.07, 6.45) is 3.52. The lowest BCUT2D eigenvalue weighted by molar-refractivity contribution is 0.382. The number of rotatable bonds is 2. The summed E-state index contributed by atoms with van der Waals surface area (Å²) in [4.78, 5) is 4.22. The molecule has 2 nitrogen and oxygen atoms in total. The van der Waals surface area contributed by atoms with Gasteiger partial charge < -0.3 is 5.73 Å². The van der Waals surface area contributed by atoms with Gasteiger partial charge in [-0.15, -0.1) is 0 Å². The molecule has 2 N–H and O–H groups in total. The molecule has 2 rings (SSSR count). The fraction of sp³-hybridized carbons (Fsp3) is 0.545. The molecule has 76 valence electrons. The Balaban J connectivity index is 2.41. The van der Waals surface area contributed by atoms with E-state index in [1.54, 1.807) is 0 Å². The van der Waals surface area contributed by atoms with E-state index in [4.69, 9.17) is 5.73 Å². The second-order valence-electron chi connectivity index (χ2n) is 4.66. The van der Waals surface area contributed by atoms with Crippen LogP contribution in [-0.4, -0.2) is 10.5 Å². The number of halogens is 1. The van der Waals surface area contributed by atoms with Crippen LogP contribution in [0.15, 0.2) is 18.3 Å². The van der Waals surface area contributed by atoms with Crippen molar-refractivity contribution in [3.63, 3.8) is 0 Å². The summed E-state index contributed by atoms with van der Waals surface area (Å²) in [5.41, 5.74) is 6.46. The Morgan fingerprint density at radius 1 is 1.50 bits per heavy atom. The summed E-state index contributed by atoms with van der Waals surface area (Å²) in [5.74, 6) is -0.231. The molecule has 3 heteroatoms. The quantitative estimate of drug-likeness (QED) is 0.782. The van der Waals surface area contributed by atoms with Crippen LogP contribution in [0.3, 0.4) is 0 Å². The molecule has 14 heavy (non-hydrogen) atoms. The van der Waals surface area contributed by atoms with E-state index in [-0.39, 0.29) is 16.8 Å². The van der Waals surface area contributed by atoms with Gasteiger partial charge in [0.1, 0.15) is 5.82 Å². The van der Waals surface area contributed by atoms with E-state index in [0.717, 1.165) is 18.5 Å². The predicted octanol–water partition coefficient (Wildman–Crippen LogP) is 1.99. The first-order chi connectivity index (χ1) is 6.46. The Hall–Kier alpha value is -0.960. The highest BCUT2D eigenvalue weighted by molar-refractivity contribution is 5.31. The van der Waals surface area contributed by atoms with Gasteiger partial charge in [-0.25, -0.2) is 4.39 Å². The molecule has 0 aliphatic heterocycles. The number of pyridine rings is 1. The van der Waals surface area contributed by atoms with Crippen molar-refractivity contribution < 1.29 is 4.39 Å². The highest BCUT2D eigenvalue weighted by atomic mass is 19.1. The van der Waals surface area contributed by atoms with Crippen LogP contribution >= 0.6 is 0 Å². The van der Waals surface area contributed by atoms with Crippen LogP contribution < -0.4 is 5.73 Å². The zero-order chi connectivity index (χ0) is 10.4. The monoisotopic (exact) mass is 194 g/mol. The largest absolute Gasteiger partial charge is 0.325 e. The molecule has 1 aromatic rings. The highest BCUT2D eigenvalue weighted by Crippen LogP contribution is 2.53. The molecular weight excluding hydrogens is 179 g/mol. The van der Waals surface area contributed by atoms with Gasteiger partial charge in [-0.2, -0.15) is 0 Å². The average molecular weight is 194 g/mol. The van der Waals surface area contributed by atoms with Gasteiger partial charge in [0.15, 0.2) is 0 Å². The normalized spacial score (nSPS) is 19.4. The summed E-state index contributed by atoms with van der Waals surface area (Å²) in [6.45, 7) is 3.96. The molecule has 0 unspecified atom stereocenters. The molecule has 1 aromatic heterocycles. The predicted molar refractivity (Wildman–Crippen MR) is 53.4 cm³/mol. The van der Waals surface area contributed by atoms with E-state index in [0.29, 0.717) is 0 Å². The second kappa shape index (κ2) is 2.76. The van der Waals surface area contributed by atoms with Gasteiger partial charge in [-0.3, -0.25) is 4.98 Å². The SMILES string of the molecule is CC(C)(N)C1(c2cc(F)ccn2)CC1. The molecule has 1 fully saturated rings. The van der Waals surface area contributed by atoms with E-state index in [9.17, 15) is 4.39 Å². The topological polar surface area (TPSA) is 38.9 Å². The van der Waals surface area contributed by atoms with Crippen LogP contribution in [0, 0.1) is 5.82 Å². The van der Waals surface area contributed by atoms with Crippen LogP contribution in [-0.2, 0) is 5.41 Å². The molecule has 1 heterocycles. The minimum absolute atomic E-state index is 0.102. The summed E-state index contributed by atoms with van der Waals surface area (Å²) in [5, 5.41) is 0. The summed E-state index contributed by atoms with van der Waals surface area (Å²) in [6, 6.07) is 2.87. The first kappa shape index (κ1) is 9.59. The molecule has 0 bridgehead atoms. The molecule has 0 amide bonds. The number of hydrogen-bond acceptors (Lipinski definition) is 2. The van der Waals surface area contributed by atoms with Crippen molar-refractivity contribution in [1.29, 1.82) is 0 Å². The first-order valence-electron chi connectivity index (χ1n) is 4.87. The van der Waals surface area contributed by atoms with Crippen LogP contribution in [0.2, 0.25) is 0 Å². The minimum atomic E-state index is -0.326. The molecule has 1 aliphatic rings. The van der Waals surface area contributed by atoms with E-state index >= 15 is 0 Å². The van der Waals surface area contributed by atoms with Gasteiger partial charge in [-0.05, 0) is 38.8 Å². The molecule has 0 atom stereocenters. The Morgan fingerprint density at radius 3 is 2.57 bits per heavy atom. The van der Waals surface area contributed by atoms with Crippen molar-refractivity contribution in [1.82, 2.24) is 4.98 Å². The van der Waals surface area contributed by atoms with Crippen LogP contribution in [0.1, 0.15) is 32.4 Å². The van der Waals surface area contributed by atoms with Crippen LogP contribution in [0.4, 0.5) is 4.39 Å². The average Bonchev–Trinajstić information content (AvgIpc) is 2.82. The lowest BCUT2D eigenvalue weighted by Crippen LogP contribution is -2.45. The number of nitrogens with two attached hydrogens (primary N) is 1. The zero-order valence-electron chi connectivity index (χ0n) is 8.55. The smallest absolute Gasteiger partial charge is 0.126 e. The number of nitrogens with zero attached hydrogens (tertiary/aromatic N) is 1. The van der Waals surface area contributed by atoms with E-state index in [1.165, 1.54) is 18.3 Å². The molecule has 0 saturated heterocycles. The minimum Gasteiger partial charge on any atom is -0.325 e. The first-order valence-corrected chi connectivity index (χ1v) is 4.87. The van der Waals surface area contributed by atoms with Gasteiger partial charge in [0.2, 0.25) is 0 Å². The zero-order valence-corrected chi connectivity index (χ0v) is 8.55. The fourth-order valence-corrected chi connectivity index (χ4v) is 2.02. The lowest BCUT2D eigenvalue weighted by Gasteiger charge is -2.30. The third kappa shape index (κ3) is 1.32. The molecule has 0 aromatic carbocycles. The number of hydrogen-bond donors (Lipinski definition) is 1. The summed E-state index contributed by atoms with van der Waals surface area (Å²) in [7, 11) is 0. The van der Waals surface area contributed by atoms with Gasteiger partial charge in [-0.1, -0.05) is 0 Å². The van der Waals surface area contributed by atoms with E-state index < -0.39 is 0 Å². The van der Waals surface area contributed by atoms with Crippen LogP contribution in [0.5, 0.6) is 0 Å². The maximum Gasteiger partial charge on any atom is 0.126 e. The van der Waals surface area contributed by atoms with Crippen molar-refractivity contribution in [3.05, 3.63) is 29.8 Å². The third-order valence-electron chi connectivity index (χ3n) is 3.20. The Morgan fingerprint density at radius 2 is 2.14 bits per heavy atom. The highest BCUT2D eigenvalue weighted by Gasteiger charge is 2.54. The lowest BCUT2D eigenvalue weighted by atomic mass is 9.82. The molecular formula is C11H15FN2. The Labute approximate surface area is 83.3 Å². The van der Waals surface area contributed by atoms with E-state index in [2.05, 4.69) is 4.98 Å². The van der Waals surface area contributed by atoms with Crippen molar-refractivity contribution in [3.8, 4) is 0 Å². The molecule has 0 spiro atoms. The molecule has 1 saturated carbocycles. The summed E-state index contributed by atoms with van der Waals surface area (Å²) < 4.78 is 13.0. The second-order valence-corrected chi connectivity index (χ2v) is 4.66. The van der Waals surface area contributed by atoms with Crippen LogP contribution in [0.25, 0.3) is 0 Å². The fourth-order valence-electron chi connectivity index (χ4n) is 2.02. The molecule has 1 aliphatic carbocycles. The van der Waals surface area contributed by atoms with Crippen molar-refractivity contribution in [2.45, 2.75) is 37.6 Å². The van der Waals surface area contributed by atoms with Crippen molar-refractivity contribution >= 4 is 0 Å². The summed E-state index contributed by atoms with van der Waals surface area (Å²) >= 11 is 0. The third-order valence-corrected chi connectivity index (χ3v) is 3.20.